The van der Waals surface area contributed by atoms with Gasteiger partial charge in [0.15, 0.2) is 0 Å². The lowest BCUT2D eigenvalue weighted by Gasteiger charge is -2.44. The first-order valence-electron chi connectivity index (χ1n) is 11.0. The number of hydrogen-bond acceptors (Lipinski definition) is 4. The van der Waals surface area contributed by atoms with Gasteiger partial charge in [0.1, 0.15) is 23.6 Å². The smallest absolute Gasteiger partial charge is 0.132 e. The van der Waals surface area contributed by atoms with Crippen molar-refractivity contribution < 1.29 is 14.2 Å². The van der Waals surface area contributed by atoms with E-state index in [0.717, 1.165) is 36.4 Å². The summed E-state index contributed by atoms with van der Waals surface area (Å²) in [5, 5.41) is 3.52. The van der Waals surface area contributed by atoms with Crippen LogP contribution in [-0.2, 0) is 16.0 Å². The third-order valence-corrected chi connectivity index (χ3v) is 5.39. The van der Waals surface area contributed by atoms with Gasteiger partial charge in [-0.1, -0.05) is 55.8 Å². The molecule has 0 spiro atoms. The Morgan fingerprint density at radius 3 is 2.63 bits per heavy atom. The minimum absolute atomic E-state index is 0.168. The van der Waals surface area contributed by atoms with E-state index in [1.807, 2.05) is 31.2 Å². The molecule has 0 radical (unpaired) electrons. The highest BCUT2D eigenvalue weighted by molar-refractivity contribution is 5.53. The molecule has 4 nitrogen and oxygen atoms in total. The van der Waals surface area contributed by atoms with Crippen molar-refractivity contribution in [1.82, 2.24) is 0 Å². The summed E-state index contributed by atoms with van der Waals surface area (Å²) in [7, 11) is 0. The summed E-state index contributed by atoms with van der Waals surface area (Å²) in [5.74, 6) is 0.873. The van der Waals surface area contributed by atoms with E-state index in [1.165, 1.54) is 5.56 Å². The number of fused-ring (bicyclic) bond motifs is 1. The molecule has 162 valence electrons. The number of nitrogens with one attached hydrogen (secondary N) is 1. The molecule has 4 heteroatoms. The van der Waals surface area contributed by atoms with Gasteiger partial charge < -0.3 is 19.5 Å². The van der Waals surface area contributed by atoms with E-state index in [0.29, 0.717) is 13.2 Å². The molecule has 3 rings (SSSR count). The van der Waals surface area contributed by atoms with Gasteiger partial charge in [-0.25, -0.2) is 0 Å². The normalized spacial score (nSPS) is 20.0. The molecule has 30 heavy (non-hydrogen) atoms. The Hall–Kier alpha value is -2.30. The van der Waals surface area contributed by atoms with Gasteiger partial charge in [0.25, 0.3) is 0 Å². The summed E-state index contributed by atoms with van der Waals surface area (Å²) in [6.07, 6.45) is 5.79. The quantitative estimate of drug-likeness (QED) is 0.370. The molecule has 1 aliphatic heterocycles. The minimum atomic E-state index is -0.482. The molecule has 0 amide bonds. The van der Waals surface area contributed by atoms with Crippen molar-refractivity contribution in [2.45, 2.75) is 64.9 Å². The maximum Gasteiger partial charge on any atom is 0.132 e. The van der Waals surface area contributed by atoms with Crippen LogP contribution in [0.15, 0.2) is 60.7 Å². The van der Waals surface area contributed by atoms with Gasteiger partial charge in [-0.2, -0.15) is 0 Å². The van der Waals surface area contributed by atoms with Gasteiger partial charge in [-0.05, 0) is 51.0 Å². The molecule has 2 atom stereocenters. The van der Waals surface area contributed by atoms with Crippen LogP contribution < -0.4 is 10.1 Å². The highest BCUT2D eigenvalue weighted by atomic mass is 16.6. The molecule has 1 N–H and O–H groups in total. The number of benzene rings is 2. The number of anilines is 1. The van der Waals surface area contributed by atoms with Crippen molar-refractivity contribution >= 4 is 5.69 Å². The van der Waals surface area contributed by atoms with Crippen LogP contribution in [0, 0.1) is 0 Å². The van der Waals surface area contributed by atoms with Gasteiger partial charge in [-0.15, -0.1) is 0 Å². The third kappa shape index (κ3) is 5.65. The van der Waals surface area contributed by atoms with E-state index in [2.05, 4.69) is 62.5 Å². The fourth-order valence-electron chi connectivity index (χ4n) is 3.72. The predicted molar refractivity (Wildman–Crippen MR) is 123 cm³/mol. The first kappa shape index (κ1) is 22.4. The van der Waals surface area contributed by atoms with Crippen LogP contribution in [0.3, 0.4) is 0 Å². The Kier molecular flexibility index (Phi) is 7.94. The highest BCUT2D eigenvalue weighted by Gasteiger charge is 2.45. The fourth-order valence-corrected chi connectivity index (χ4v) is 3.72. The SMILES string of the molecule is C/C=C/COC1C(OCCCC)c2cc(NCc3ccccc3)ccc2OC1(C)C. The second-order valence-electron chi connectivity index (χ2n) is 8.27. The number of rotatable bonds is 10. The van der Waals surface area contributed by atoms with Crippen molar-refractivity contribution in [2.75, 3.05) is 18.5 Å². The molecule has 0 aromatic heterocycles. The second-order valence-corrected chi connectivity index (χ2v) is 8.27. The van der Waals surface area contributed by atoms with Crippen LogP contribution in [-0.4, -0.2) is 24.9 Å². The van der Waals surface area contributed by atoms with E-state index in [9.17, 15) is 0 Å². The molecule has 0 saturated heterocycles. The summed E-state index contributed by atoms with van der Waals surface area (Å²) in [5.41, 5.74) is 2.87. The number of unbranched alkanes of at least 4 members (excludes halogenated alkanes) is 1. The average Bonchev–Trinajstić information content (AvgIpc) is 2.74. The molecule has 0 bridgehead atoms. The van der Waals surface area contributed by atoms with Crippen molar-refractivity contribution in [3.63, 3.8) is 0 Å². The molecule has 2 aromatic carbocycles. The first-order valence-corrected chi connectivity index (χ1v) is 11.0. The van der Waals surface area contributed by atoms with E-state index in [-0.39, 0.29) is 12.2 Å². The van der Waals surface area contributed by atoms with E-state index in [4.69, 9.17) is 14.2 Å². The monoisotopic (exact) mass is 409 g/mol. The molecule has 2 unspecified atom stereocenters. The number of ether oxygens (including phenoxy) is 3. The molecule has 0 fully saturated rings. The molecular weight excluding hydrogens is 374 g/mol. The van der Waals surface area contributed by atoms with Crippen LogP contribution in [0.25, 0.3) is 0 Å². The molecular formula is C26H35NO3. The lowest BCUT2D eigenvalue weighted by Crippen LogP contribution is -2.51. The summed E-state index contributed by atoms with van der Waals surface area (Å²) >= 11 is 0. The van der Waals surface area contributed by atoms with Crippen molar-refractivity contribution in [3.05, 3.63) is 71.8 Å². The Labute approximate surface area is 181 Å². The van der Waals surface area contributed by atoms with Crippen LogP contribution in [0.4, 0.5) is 5.69 Å². The van der Waals surface area contributed by atoms with Gasteiger partial charge >= 0.3 is 0 Å². The van der Waals surface area contributed by atoms with Crippen LogP contribution in [0.5, 0.6) is 5.75 Å². The van der Waals surface area contributed by atoms with Gasteiger partial charge in [0, 0.05) is 24.4 Å². The third-order valence-electron chi connectivity index (χ3n) is 5.39. The largest absolute Gasteiger partial charge is 0.485 e. The lowest BCUT2D eigenvalue weighted by atomic mass is 9.87. The van der Waals surface area contributed by atoms with Crippen molar-refractivity contribution in [2.24, 2.45) is 0 Å². The number of allylic oxidation sites excluding steroid dienone is 1. The average molecular weight is 410 g/mol. The predicted octanol–water partition coefficient (Wildman–Crippen LogP) is 6.29. The highest BCUT2D eigenvalue weighted by Crippen LogP contribution is 2.44. The van der Waals surface area contributed by atoms with Gasteiger partial charge in [0.2, 0.25) is 0 Å². The van der Waals surface area contributed by atoms with E-state index in [1.54, 1.807) is 0 Å². The number of hydrogen-bond donors (Lipinski definition) is 1. The van der Waals surface area contributed by atoms with Crippen LogP contribution >= 0.6 is 0 Å². The Morgan fingerprint density at radius 1 is 1.10 bits per heavy atom. The summed E-state index contributed by atoms with van der Waals surface area (Å²) in [6.45, 7) is 10.4. The molecule has 2 aromatic rings. The summed E-state index contributed by atoms with van der Waals surface area (Å²) < 4.78 is 19.0. The van der Waals surface area contributed by atoms with Gasteiger partial charge in [-0.3, -0.25) is 0 Å². The fraction of sp³-hybridized carbons (Fsp3) is 0.462. The zero-order valence-electron chi connectivity index (χ0n) is 18.7. The lowest BCUT2D eigenvalue weighted by molar-refractivity contribution is -0.157. The Balaban J connectivity index is 1.84. The van der Waals surface area contributed by atoms with Crippen LogP contribution in [0.1, 0.15) is 57.8 Å². The first-order chi connectivity index (χ1) is 14.5. The van der Waals surface area contributed by atoms with Gasteiger partial charge in [0.05, 0.1) is 6.61 Å². The standard InChI is InChI=1S/C26H35NO3/c1-5-7-16-28-24-22-18-21(27-19-20-12-10-9-11-13-20)14-15-23(22)30-26(3,4)25(24)29-17-8-6-2/h6,8-15,18,24-25,27H,5,7,16-17,19H2,1-4H3/b8-6+. The molecule has 0 saturated carbocycles. The Morgan fingerprint density at radius 2 is 1.90 bits per heavy atom. The maximum atomic E-state index is 6.39. The Bertz CT molecular complexity index is 816. The summed E-state index contributed by atoms with van der Waals surface area (Å²) in [6, 6.07) is 16.7. The molecule has 0 aliphatic carbocycles. The minimum Gasteiger partial charge on any atom is -0.485 e. The van der Waals surface area contributed by atoms with Crippen LogP contribution in [0.2, 0.25) is 0 Å². The van der Waals surface area contributed by atoms with Crippen molar-refractivity contribution in [3.8, 4) is 5.75 Å². The zero-order valence-corrected chi connectivity index (χ0v) is 18.7. The second kappa shape index (κ2) is 10.6. The topological polar surface area (TPSA) is 39.7 Å². The van der Waals surface area contributed by atoms with E-state index >= 15 is 0 Å². The molecule has 1 heterocycles. The zero-order chi connectivity index (χ0) is 21.4. The van der Waals surface area contributed by atoms with Crippen molar-refractivity contribution in [1.29, 1.82) is 0 Å². The summed E-state index contributed by atoms with van der Waals surface area (Å²) in [4.78, 5) is 0. The maximum absolute atomic E-state index is 6.39. The van der Waals surface area contributed by atoms with E-state index < -0.39 is 5.60 Å². The molecule has 1 aliphatic rings.